The molecule has 112 valence electrons. The van der Waals surface area contributed by atoms with Crippen LogP contribution in [0, 0.1) is 0 Å². The number of halogens is 1. The van der Waals surface area contributed by atoms with Crippen LogP contribution in [0.1, 0.15) is 24.0 Å². The maximum absolute atomic E-state index is 5.91. The lowest BCUT2D eigenvalue weighted by Crippen LogP contribution is -2.17. The van der Waals surface area contributed by atoms with Gasteiger partial charge >= 0.3 is 0 Å². The molecule has 0 heterocycles. The van der Waals surface area contributed by atoms with Crippen LogP contribution in [0.5, 0.6) is 0 Å². The molecule has 2 aromatic carbocycles. The Morgan fingerprint density at radius 3 is 1.67 bits per heavy atom. The summed E-state index contributed by atoms with van der Waals surface area (Å²) in [6, 6.07) is 20.4. The van der Waals surface area contributed by atoms with Gasteiger partial charge in [0, 0.05) is 5.33 Å². The van der Waals surface area contributed by atoms with Crippen LogP contribution in [0.2, 0.25) is 0 Å². The molecule has 0 amide bonds. The summed E-state index contributed by atoms with van der Waals surface area (Å²) in [5.41, 5.74) is 2.34. The van der Waals surface area contributed by atoms with E-state index in [9.17, 15) is 0 Å². The topological polar surface area (TPSA) is 18.5 Å². The summed E-state index contributed by atoms with van der Waals surface area (Å²) in [5, 5.41) is 0.965. The Kier molecular flexibility index (Phi) is 7.50. The van der Waals surface area contributed by atoms with Crippen LogP contribution in [0.3, 0.4) is 0 Å². The highest BCUT2D eigenvalue weighted by atomic mass is 79.9. The van der Waals surface area contributed by atoms with Crippen LogP contribution in [0.25, 0.3) is 0 Å². The summed E-state index contributed by atoms with van der Waals surface area (Å²) < 4.78 is 11.8. The molecule has 0 aliphatic rings. The van der Waals surface area contributed by atoms with Gasteiger partial charge in [0.25, 0.3) is 0 Å². The number of alkyl halides is 1. The molecule has 2 nitrogen and oxygen atoms in total. The Morgan fingerprint density at radius 2 is 1.24 bits per heavy atom. The van der Waals surface area contributed by atoms with Crippen molar-refractivity contribution in [1.82, 2.24) is 0 Å². The zero-order valence-electron chi connectivity index (χ0n) is 12.1. The Balaban J connectivity index is 1.82. The molecule has 0 spiro atoms. The van der Waals surface area contributed by atoms with Crippen molar-refractivity contribution in [3.63, 3.8) is 0 Å². The first-order valence-corrected chi connectivity index (χ1v) is 8.37. The fourth-order valence-corrected chi connectivity index (χ4v) is 2.31. The first kappa shape index (κ1) is 16.2. The Morgan fingerprint density at radius 1 is 0.762 bits per heavy atom. The molecule has 0 N–H and O–H groups in total. The Hall–Kier alpha value is -1.16. The third kappa shape index (κ3) is 6.42. The predicted molar refractivity (Wildman–Crippen MR) is 89.3 cm³/mol. The Bertz CT molecular complexity index is 444. The number of ether oxygens (including phenoxy) is 2. The largest absolute Gasteiger partial charge is 0.348 e. The maximum Gasteiger partial charge on any atom is 0.158 e. The second-order valence-corrected chi connectivity index (χ2v) is 5.65. The van der Waals surface area contributed by atoms with Crippen molar-refractivity contribution in [3.05, 3.63) is 71.8 Å². The highest BCUT2D eigenvalue weighted by molar-refractivity contribution is 9.09. The van der Waals surface area contributed by atoms with E-state index in [0.717, 1.165) is 18.2 Å². The average molecular weight is 349 g/mol. The van der Waals surface area contributed by atoms with Gasteiger partial charge in [-0.05, 0) is 24.0 Å². The van der Waals surface area contributed by atoms with E-state index in [-0.39, 0.29) is 6.29 Å². The molecule has 0 aliphatic carbocycles. The van der Waals surface area contributed by atoms with Crippen LogP contribution in [-0.2, 0) is 22.7 Å². The molecule has 0 saturated carbocycles. The molecule has 0 unspecified atom stereocenters. The Labute approximate surface area is 135 Å². The smallest absolute Gasteiger partial charge is 0.158 e. The van der Waals surface area contributed by atoms with E-state index < -0.39 is 0 Å². The van der Waals surface area contributed by atoms with Crippen molar-refractivity contribution < 1.29 is 9.47 Å². The van der Waals surface area contributed by atoms with Crippen molar-refractivity contribution in [2.24, 2.45) is 0 Å². The predicted octanol–water partition coefficient (Wildman–Crippen LogP) is 4.92. The molecule has 2 aromatic rings. The summed E-state index contributed by atoms with van der Waals surface area (Å²) in [5.74, 6) is 0. The van der Waals surface area contributed by atoms with Crippen molar-refractivity contribution in [3.8, 4) is 0 Å². The van der Waals surface area contributed by atoms with Gasteiger partial charge in [-0.3, -0.25) is 0 Å². The van der Waals surface area contributed by atoms with Gasteiger partial charge in [0.05, 0.1) is 13.2 Å². The van der Waals surface area contributed by atoms with Crippen LogP contribution < -0.4 is 0 Å². The summed E-state index contributed by atoms with van der Waals surface area (Å²) in [7, 11) is 0. The molecular weight excluding hydrogens is 328 g/mol. The van der Waals surface area contributed by atoms with Crippen molar-refractivity contribution in [2.75, 3.05) is 5.33 Å². The maximum atomic E-state index is 5.91. The van der Waals surface area contributed by atoms with Crippen molar-refractivity contribution in [2.45, 2.75) is 32.3 Å². The van der Waals surface area contributed by atoms with E-state index in [4.69, 9.17) is 9.47 Å². The van der Waals surface area contributed by atoms with Gasteiger partial charge < -0.3 is 9.47 Å². The van der Waals surface area contributed by atoms with Crippen LogP contribution in [0.4, 0.5) is 0 Å². The van der Waals surface area contributed by atoms with Gasteiger partial charge in [0.15, 0.2) is 6.29 Å². The molecule has 0 fully saturated rings. The first-order valence-electron chi connectivity index (χ1n) is 7.25. The normalized spacial score (nSPS) is 11.0. The van der Waals surface area contributed by atoms with Gasteiger partial charge in [-0.25, -0.2) is 0 Å². The minimum atomic E-state index is -0.164. The fraction of sp³-hybridized carbons (Fsp3) is 0.333. The fourth-order valence-electron chi connectivity index (χ4n) is 1.99. The highest BCUT2D eigenvalue weighted by Gasteiger charge is 2.09. The van der Waals surface area contributed by atoms with Crippen LogP contribution >= 0.6 is 15.9 Å². The minimum Gasteiger partial charge on any atom is -0.348 e. The monoisotopic (exact) mass is 348 g/mol. The van der Waals surface area contributed by atoms with Crippen LogP contribution in [-0.4, -0.2) is 11.6 Å². The molecule has 2 rings (SSSR count). The van der Waals surface area contributed by atoms with E-state index >= 15 is 0 Å². The molecule has 3 heteroatoms. The van der Waals surface area contributed by atoms with E-state index in [1.807, 2.05) is 36.4 Å². The minimum absolute atomic E-state index is 0.164. The SMILES string of the molecule is BrCCCC(OCc1ccccc1)OCc1ccccc1. The third-order valence-corrected chi connectivity index (χ3v) is 3.69. The zero-order valence-corrected chi connectivity index (χ0v) is 13.7. The zero-order chi connectivity index (χ0) is 14.8. The number of hydrogen-bond acceptors (Lipinski definition) is 2. The third-order valence-electron chi connectivity index (χ3n) is 3.13. The lowest BCUT2D eigenvalue weighted by Gasteiger charge is -2.18. The van der Waals surface area contributed by atoms with E-state index in [1.54, 1.807) is 0 Å². The lowest BCUT2D eigenvalue weighted by molar-refractivity contribution is -0.160. The quantitative estimate of drug-likeness (QED) is 0.472. The first-order chi connectivity index (χ1) is 10.4. The molecule has 0 bridgehead atoms. The average Bonchev–Trinajstić information content (AvgIpc) is 2.56. The van der Waals surface area contributed by atoms with Gasteiger partial charge in [0.1, 0.15) is 0 Å². The molecule has 0 aromatic heterocycles. The van der Waals surface area contributed by atoms with Gasteiger partial charge in [-0.2, -0.15) is 0 Å². The second kappa shape index (κ2) is 9.72. The van der Waals surface area contributed by atoms with E-state index in [1.165, 1.54) is 11.1 Å². The van der Waals surface area contributed by atoms with Crippen LogP contribution in [0.15, 0.2) is 60.7 Å². The van der Waals surface area contributed by atoms with Gasteiger partial charge in [-0.15, -0.1) is 0 Å². The lowest BCUT2D eigenvalue weighted by atomic mass is 10.2. The number of hydrogen-bond donors (Lipinski definition) is 0. The molecule has 0 atom stereocenters. The number of rotatable bonds is 9. The van der Waals surface area contributed by atoms with Gasteiger partial charge in [0.2, 0.25) is 0 Å². The summed E-state index contributed by atoms with van der Waals surface area (Å²) >= 11 is 3.46. The molecule has 21 heavy (non-hydrogen) atoms. The van der Waals surface area contributed by atoms with E-state index in [2.05, 4.69) is 40.2 Å². The molecular formula is C18H21BrO2. The number of benzene rings is 2. The summed E-state index contributed by atoms with van der Waals surface area (Å²) in [6.07, 6.45) is 1.77. The van der Waals surface area contributed by atoms with Crippen molar-refractivity contribution in [1.29, 1.82) is 0 Å². The molecule has 0 radical (unpaired) electrons. The second-order valence-electron chi connectivity index (χ2n) is 4.85. The van der Waals surface area contributed by atoms with Crippen molar-refractivity contribution >= 4 is 15.9 Å². The highest BCUT2D eigenvalue weighted by Crippen LogP contribution is 2.12. The summed E-state index contributed by atoms with van der Waals surface area (Å²) in [6.45, 7) is 1.17. The molecule has 0 aliphatic heterocycles. The summed E-state index contributed by atoms with van der Waals surface area (Å²) in [4.78, 5) is 0. The molecule has 0 saturated heterocycles. The van der Waals surface area contributed by atoms with E-state index in [0.29, 0.717) is 13.2 Å². The van der Waals surface area contributed by atoms with Gasteiger partial charge in [-0.1, -0.05) is 76.6 Å². The standard InChI is InChI=1S/C18H21BrO2/c19-13-7-12-18(20-14-16-8-3-1-4-9-16)21-15-17-10-5-2-6-11-17/h1-6,8-11,18H,7,12-15H2.